The minimum absolute atomic E-state index is 0.154. The first-order chi connectivity index (χ1) is 5.31. The Balaban J connectivity index is 3.60. The molecule has 0 aromatic heterocycles. The second kappa shape index (κ2) is 4.87. The van der Waals surface area contributed by atoms with Crippen molar-refractivity contribution in [3.63, 3.8) is 0 Å². The van der Waals surface area contributed by atoms with Crippen LogP contribution in [-0.4, -0.2) is 56.7 Å². The van der Waals surface area contributed by atoms with Crippen molar-refractivity contribution in [2.75, 3.05) is 41.0 Å². The van der Waals surface area contributed by atoms with E-state index in [1.54, 1.807) is 0 Å². The Hall–Kier alpha value is -0.0200. The maximum absolute atomic E-state index is 10.5. The fraction of sp³-hybridized carbons (Fsp3) is 1.00. The lowest BCUT2D eigenvalue weighted by Crippen LogP contribution is -2.42. The molecule has 0 aliphatic carbocycles. The van der Waals surface area contributed by atoms with Gasteiger partial charge in [0, 0.05) is 0 Å². The van der Waals surface area contributed by atoms with Gasteiger partial charge in [-0.1, -0.05) is 0 Å². The van der Waals surface area contributed by atoms with Gasteiger partial charge in [0.1, 0.15) is 19.3 Å². The zero-order chi connectivity index (χ0) is 9.78. The Morgan fingerprint density at radius 2 is 2.00 bits per heavy atom. The topological polar surface area (TPSA) is 46.5 Å². The molecule has 0 fully saturated rings. The fourth-order valence-electron chi connectivity index (χ4n) is 0.876. The number of aliphatic hydroxyl groups excluding tert-OH is 1. The minimum atomic E-state index is -1.59. The van der Waals surface area contributed by atoms with E-state index in [1.807, 2.05) is 21.1 Å². The molecule has 0 bridgehead atoms. The highest BCUT2D eigenvalue weighted by Crippen LogP contribution is 2.15. The first kappa shape index (κ1) is 12.0. The molecule has 0 radical (unpaired) electrons. The summed E-state index contributed by atoms with van der Waals surface area (Å²) in [6.07, 6.45) is -0.538. The van der Waals surface area contributed by atoms with Crippen molar-refractivity contribution in [3.05, 3.63) is 0 Å². The largest absolute Gasteiger partial charge is 0.504 e. The Morgan fingerprint density at radius 1 is 1.50 bits per heavy atom. The SMILES string of the molecule is C[P+](=O)OCC(O)C[N+](C)(C)C. The Morgan fingerprint density at radius 3 is 2.33 bits per heavy atom. The lowest BCUT2D eigenvalue weighted by molar-refractivity contribution is -0.873. The minimum Gasteiger partial charge on any atom is -0.385 e. The second-order valence-electron chi connectivity index (χ2n) is 3.86. The van der Waals surface area contributed by atoms with Crippen LogP contribution in [0.2, 0.25) is 0 Å². The number of aliphatic hydroxyl groups is 1. The molecular weight excluding hydrogens is 177 g/mol. The first-order valence-corrected chi connectivity index (χ1v) is 5.46. The molecule has 0 saturated carbocycles. The van der Waals surface area contributed by atoms with Gasteiger partial charge in [-0.2, -0.15) is 0 Å². The van der Waals surface area contributed by atoms with Crippen LogP contribution in [-0.2, 0) is 9.09 Å². The van der Waals surface area contributed by atoms with E-state index in [9.17, 15) is 9.67 Å². The molecule has 2 unspecified atom stereocenters. The standard InChI is InChI=1S/C7H18NO3P/c1-8(2,3)5-7(9)6-11-12(4)10/h7,9H,5-6H2,1-4H3/q+2. The molecule has 0 aromatic carbocycles. The highest BCUT2D eigenvalue weighted by atomic mass is 31.1. The van der Waals surface area contributed by atoms with E-state index < -0.39 is 14.1 Å². The summed E-state index contributed by atoms with van der Waals surface area (Å²) in [5.74, 6) is 0. The number of quaternary nitrogens is 1. The summed E-state index contributed by atoms with van der Waals surface area (Å²) in [5.41, 5.74) is 0. The quantitative estimate of drug-likeness (QED) is 0.511. The van der Waals surface area contributed by atoms with Crippen LogP contribution in [0.15, 0.2) is 0 Å². The molecule has 5 heteroatoms. The van der Waals surface area contributed by atoms with Gasteiger partial charge in [0.15, 0.2) is 6.66 Å². The van der Waals surface area contributed by atoms with Gasteiger partial charge in [-0.3, -0.25) is 0 Å². The Kier molecular flexibility index (Phi) is 4.87. The average Bonchev–Trinajstić information content (AvgIpc) is 1.79. The molecule has 0 spiro atoms. The van der Waals surface area contributed by atoms with Crippen LogP contribution in [0.25, 0.3) is 0 Å². The molecule has 0 aliphatic rings. The number of nitrogens with zero attached hydrogens (tertiary/aromatic N) is 1. The van der Waals surface area contributed by atoms with E-state index in [4.69, 9.17) is 4.52 Å². The lowest BCUT2D eigenvalue weighted by atomic mass is 10.3. The van der Waals surface area contributed by atoms with Gasteiger partial charge in [0.2, 0.25) is 0 Å². The molecule has 0 saturated heterocycles. The summed E-state index contributed by atoms with van der Waals surface area (Å²) >= 11 is 0. The van der Waals surface area contributed by atoms with Crippen molar-refractivity contribution >= 4 is 8.03 Å². The number of likely N-dealkylation sites (N-methyl/N-ethyl adjacent to an activating group) is 1. The molecule has 4 nitrogen and oxygen atoms in total. The summed E-state index contributed by atoms with van der Waals surface area (Å²) in [7, 11) is 4.35. The van der Waals surface area contributed by atoms with Crippen molar-refractivity contribution in [3.8, 4) is 0 Å². The summed E-state index contributed by atoms with van der Waals surface area (Å²) in [6, 6.07) is 0. The highest BCUT2D eigenvalue weighted by Gasteiger charge is 2.19. The maximum Gasteiger partial charge on any atom is 0.504 e. The van der Waals surface area contributed by atoms with E-state index in [0.29, 0.717) is 11.0 Å². The van der Waals surface area contributed by atoms with E-state index in [0.717, 1.165) is 0 Å². The van der Waals surface area contributed by atoms with Crippen LogP contribution in [0.3, 0.4) is 0 Å². The third-order valence-corrected chi connectivity index (χ3v) is 1.72. The monoisotopic (exact) mass is 195 g/mol. The van der Waals surface area contributed by atoms with Gasteiger partial charge in [-0.15, -0.1) is 4.52 Å². The van der Waals surface area contributed by atoms with Crippen LogP contribution in [0.1, 0.15) is 0 Å². The highest BCUT2D eigenvalue weighted by molar-refractivity contribution is 7.38. The third kappa shape index (κ3) is 8.08. The van der Waals surface area contributed by atoms with Gasteiger partial charge in [-0.05, 0) is 4.57 Å². The van der Waals surface area contributed by atoms with Crippen LogP contribution in [0.4, 0.5) is 0 Å². The molecule has 2 atom stereocenters. The summed E-state index contributed by atoms with van der Waals surface area (Å²) in [5, 5.41) is 9.36. The maximum atomic E-state index is 10.5. The van der Waals surface area contributed by atoms with Gasteiger partial charge in [0.05, 0.1) is 21.1 Å². The summed E-state index contributed by atoms with van der Waals surface area (Å²) < 4.78 is 16.0. The number of hydrogen-bond donors (Lipinski definition) is 1. The van der Waals surface area contributed by atoms with Crippen molar-refractivity contribution < 1.29 is 18.7 Å². The van der Waals surface area contributed by atoms with Gasteiger partial charge < -0.3 is 9.59 Å². The number of hydrogen-bond acceptors (Lipinski definition) is 3. The smallest absolute Gasteiger partial charge is 0.385 e. The summed E-state index contributed by atoms with van der Waals surface area (Å²) in [6.45, 7) is 2.23. The van der Waals surface area contributed by atoms with Crippen LogP contribution >= 0.6 is 8.03 Å². The molecule has 0 aromatic rings. The first-order valence-electron chi connectivity index (χ1n) is 3.83. The van der Waals surface area contributed by atoms with Gasteiger partial charge in [-0.25, -0.2) is 0 Å². The zero-order valence-electron chi connectivity index (χ0n) is 8.15. The second-order valence-corrected chi connectivity index (χ2v) is 5.00. The van der Waals surface area contributed by atoms with Crippen molar-refractivity contribution in [1.29, 1.82) is 0 Å². The zero-order valence-corrected chi connectivity index (χ0v) is 9.04. The van der Waals surface area contributed by atoms with E-state index >= 15 is 0 Å². The molecule has 72 valence electrons. The van der Waals surface area contributed by atoms with E-state index in [-0.39, 0.29) is 6.61 Å². The van der Waals surface area contributed by atoms with Gasteiger partial charge in [0.25, 0.3) is 0 Å². The Bertz CT molecular complexity index is 155. The molecule has 0 rings (SSSR count). The van der Waals surface area contributed by atoms with E-state index in [2.05, 4.69) is 0 Å². The van der Waals surface area contributed by atoms with Crippen molar-refractivity contribution in [2.45, 2.75) is 6.10 Å². The van der Waals surface area contributed by atoms with Crippen LogP contribution in [0.5, 0.6) is 0 Å². The fourth-order valence-corrected chi connectivity index (χ4v) is 1.26. The summed E-state index contributed by atoms with van der Waals surface area (Å²) in [4.78, 5) is 0. The van der Waals surface area contributed by atoms with Crippen molar-refractivity contribution in [1.82, 2.24) is 0 Å². The molecule has 0 heterocycles. The van der Waals surface area contributed by atoms with Crippen molar-refractivity contribution in [2.24, 2.45) is 0 Å². The molecule has 1 N–H and O–H groups in total. The third-order valence-electron chi connectivity index (χ3n) is 1.21. The predicted molar refractivity (Wildman–Crippen MR) is 48.4 cm³/mol. The molecule has 0 aliphatic heterocycles. The normalized spacial score (nSPS) is 15.9. The molecular formula is C7H18NO3P+2. The van der Waals surface area contributed by atoms with E-state index in [1.165, 1.54) is 6.66 Å². The molecule has 12 heavy (non-hydrogen) atoms. The molecule has 0 amide bonds. The average molecular weight is 195 g/mol. The predicted octanol–water partition coefficient (Wildman–Crippen LogP) is 0.442. The van der Waals surface area contributed by atoms with Crippen LogP contribution in [0, 0.1) is 0 Å². The van der Waals surface area contributed by atoms with Crippen LogP contribution < -0.4 is 0 Å². The van der Waals surface area contributed by atoms with Gasteiger partial charge >= 0.3 is 8.03 Å². The lowest BCUT2D eigenvalue weighted by Gasteiger charge is -2.25. The number of rotatable bonds is 5. The Labute approximate surface area is 74.6 Å².